The Hall–Kier alpha value is -1.76. The third-order valence-corrected chi connectivity index (χ3v) is 5.11. The highest BCUT2D eigenvalue weighted by Crippen LogP contribution is 2.22. The largest absolute Gasteiger partial charge is 0.352 e. The van der Waals surface area contributed by atoms with Gasteiger partial charge in [0.1, 0.15) is 0 Å². The number of thioether (sulfide) groups is 1. The number of amides is 1. The summed E-state index contributed by atoms with van der Waals surface area (Å²) in [6.45, 7) is 0.608. The zero-order chi connectivity index (χ0) is 16.1. The summed E-state index contributed by atoms with van der Waals surface area (Å²) >= 11 is 9.29. The van der Waals surface area contributed by atoms with E-state index in [4.69, 9.17) is 11.6 Å². The number of rotatable bonds is 6. The first-order chi connectivity index (χ1) is 11.2. The second-order valence-electron chi connectivity index (χ2n) is 4.63. The SMILES string of the molecule is O=C(C=Cc1c(Cl)nc2sccn12)NCCSc1ccccc1. The average Bonchev–Trinajstić information content (AvgIpc) is 3.11. The number of imidazole rings is 1. The van der Waals surface area contributed by atoms with Crippen molar-refractivity contribution >= 4 is 51.6 Å². The van der Waals surface area contributed by atoms with E-state index in [0.29, 0.717) is 11.7 Å². The smallest absolute Gasteiger partial charge is 0.244 e. The standard InChI is InChI=1S/C16H14ClN3OS2/c17-15-13(20-9-11-23-16(20)19-15)6-7-14(21)18-8-10-22-12-4-2-1-3-5-12/h1-7,9,11H,8,10H2,(H,18,21). The molecule has 0 aliphatic heterocycles. The summed E-state index contributed by atoms with van der Waals surface area (Å²) in [4.78, 5) is 18.1. The Labute approximate surface area is 147 Å². The van der Waals surface area contributed by atoms with E-state index in [9.17, 15) is 4.79 Å². The average molecular weight is 364 g/mol. The molecule has 0 fully saturated rings. The number of hydrogen-bond donors (Lipinski definition) is 1. The number of fused-ring (bicyclic) bond motifs is 1. The van der Waals surface area contributed by atoms with Gasteiger partial charge in [-0.15, -0.1) is 23.1 Å². The van der Waals surface area contributed by atoms with Gasteiger partial charge in [0.2, 0.25) is 5.91 Å². The monoisotopic (exact) mass is 363 g/mol. The predicted octanol–water partition coefficient (Wildman–Crippen LogP) is 3.97. The van der Waals surface area contributed by atoms with Crippen LogP contribution in [0.3, 0.4) is 0 Å². The molecule has 0 aliphatic rings. The van der Waals surface area contributed by atoms with Crippen molar-refractivity contribution in [3.8, 4) is 0 Å². The molecule has 0 aliphatic carbocycles. The van der Waals surface area contributed by atoms with E-state index in [-0.39, 0.29) is 5.91 Å². The molecule has 4 nitrogen and oxygen atoms in total. The molecule has 118 valence electrons. The van der Waals surface area contributed by atoms with Gasteiger partial charge in [0.25, 0.3) is 0 Å². The number of hydrogen-bond acceptors (Lipinski definition) is 4. The molecular formula is C16H14ClN3OS2. The molecule has 3 rings (SSSR count). The fourth-order valence-corrected chi connectivity index (χ4v) is 3.79. The summed E-state index contributed by atoms with van der Waals surface area (Å²) in [5.74, 6) is 0.686. The van der Waals surface area contributed by atoms with E-state index in [2.05, 4.69) is 22.4 Å². The highest BCUT2D eigenvalue weighted by molar-refractivity contribution is 7.99. The minimum Gasteiger partial charge on any atom is -0.352 e. The van der Waals surface area contributed by atoms with Gasteiger partial charge in [-0.3, -0.25) is 9.20 Å². The van der Waals surface area contributed by atoms with Gasteiger partial charge in [-0.25, -0.2) is 4.98 Å². The van der Waals surface area contributed by atoms with Crippen LogP contribution in [-0.2, 0) is 4.79 Å². The van der Waals surface area contributed by atoms with Crippen molar-refractivity contribution < 1.29 is 4.79 Å². The van der Waals surface area contributed by atoms with Crippen LogP contribution >= 0.6 is 34.7 Å². The van der Waals surface area contributed by atoms with Gasteiger partial charge in [-0.05, 0) is 18.2 Å². The molecule has 0 bridgehead atoms. The Kier molecular flexibility index (Phi) is 5.38. The van der Waals surface area contributed by atoms with Crippen LogP contribution in [0.5, 0.6) is 0 Å². The Morgan fingerprint density at radius 2 is 2.22 bits per heavy atom. The van der Waals surface area contributed by atoms with Crippen LogP contribution < -0.4 is 5.32 Å². The Balaban J connectivity index is 1.49. The Morgan fingerprint density at radius 1 is 1.39 bits per heavy atom. The molecule has 2 aromatic heterocycles. The number of carbonyl (C=O) groups is 1. The van der Waals surface area contributed by atoms with Crippen LogP contribution in [0.2, 0.25) is 5.15 Å². The van der Waals surface area contributed by atoms with Gasteiger partial charge >= 0.3 is 0 Å². The summed E-state index contributed by atoms with van der Waals surface area (Å²) in [6, 6.07) is 10.1. The van der Waals surface area contributed by atoms with E-state index in [1.54, 1.807) is 17.8 Å². The lowest BCUT2D eigenvalue weighted by atomic mass is 10.4. The summed E-state index contributed by atoms with van der Waals surface area (Å²) in [5.41, 5.74) is 0.719. The zero-order valence-corrected chi connectivity index (χ0v) is 14.5. The molecule has 23 heavy (non-hydrogen) atoms. The van der Waals surface area contributed by atoms with Gasteiger partial charge in [-0.1, -0.05) is 29.8 Å². The van der Waals surface area contributed by atoms with Crippen molar-refractivity contribution in [1.82, 2.24) is 14.7 Å². The van der Waals surface area contributed by atoms with Crippen LogP contribution in [0.1, 0.15) is 5.69 Å². The summed E-state index contributed by atoms with van der Waals surface area (Å²) < 4.78 is 1.86. The van der Waals surface area contributed by atoms with Crippen molar-refractivity contribution in [2.75, 3.05) is 12.3 Å². The summed E-state index contributed by atoms with van der Waals surface area (Å²) in [6.07, 6.45) is 5.06. The second kappa shape index (κ2) is 7.68. The summed E-state index contributed by atoms with van der Waals surface area (Å²) in [7, 11) is 0. The molecule has 0 saturated heterocycles. The van der Waals surface area contributed by atoms with Crippen LogP contribution in [0.4, 0.5) is 0 Å². The lowest BCUT2D eigenvalue weighted by Crippen LogP contribution is -2.23. The van der Waals surface area contributed by atoms with Gasteiger partial charge in [-0.2, -0.15) is 0 Å². The molecule has 0 unspecified atom stereocenters. The number of carbonyl (C=O) groups excluding carboxylic acids is 1. The molecular weight excluding hydrogens is 350 g/mol. The number of aromatic nitrogens is 2. The molecule has 0 atom stereocenters. The minimum absolute atomic E-state index is 0.139. The predicted molar refractivity (Wildman–Crippen MR) is 97.3 cm³/mol. The van der Waals surface area contributed by atoms with Crippen molar-refractivity contribution in [1.29, 1.82) is 0 Å². The highest BCUT2D eigenvalue weighted by atomic mass is 35.5. The molecule has 1 aromatic carbocycles. The normalized spacial score (nSPS) is 11.3. The number of halogens is 1. The van der Waals surface area contributed by atoms with Crippen molar-refractivity contribution in [2.24, 2.45) is 0 Å². The fraction of sp³-hybridized carbons (Fsp3) is 0.125. The van der Waals surface area contributed by atoms with Crippen molar-refractivity contribution in [3.63, 3.8) is 0 Å². The van der Waals surface area contributed by atoms with Crippen molar-refractivity contribution in [2.45, 2.75) is 4.90 Å². The van der Waals surface area contributed by atoms with E-state index < -0.39 is 0 Å². The molecule has 7 heteroatoms. The van der Waals surface area contributed by atoms with E-state index in [0.717, 1.165) is 16.4 Å². The van der Waals surface area contributed by atoms with Gasteiger partial charge in [0.05, 0.1) is 5.69 Å². The summed E-state index contributed by atoms with van der Waals surface area (Å²) in [5, 5.41) is 5.19. The Bertz CT molecular complexity index is 826. The molecule has 1 amide bonds. The lowest BCUT2D eigenvalue weighted by molar-refractivity contribution is -0.116. The van der Waals surface area contributed by atoms with Crippen LogP contribution in [0.15, 0.2) is 52.9 Å². The van der Waals surface area contributed by atoms with Crippen LogP contribution in [0.25, 0.3) is 11.0 Å². The maximum absolute atomic E-state index is 11.9. The molecule has 0 spiro atoms. The molecule has 0 saturated carbocycles. The topological polar surface area (TPSA) is 46.4 Å². The van der Waals surface area contributed by atoms with Gasteiger partial charge < -0.3 is 5.32 Å². The van der Waals surface area contributed by atoms with E-state index in [1.807, 2.05) is 34.2 Å². The molecule has 1 N–H and O–H groups in total. The number of nitrogens with one attached hydrogen (secondary N) is 1. The number of thiazole rings is 1. The lowest BCUT2D eigenvalue weighted by Gasteiger charge is -2.02. The first-order valence-corrected chi connectivity index (χ1v) is 9.23. The van der Waals surface area contributed by atoms with Gasteiger partial charge in [0, 0.05) is 34.8 Å². The quantitative estimate of drug-likeness (QED) is 0.409. The van der Waals surface area contributed by atoms with Crippen molar-refractivity contribution in [3.05, 3.63) is 58.8 Å². The molecule has 3 aromatic rings. The molecule has 0 radical (unpaired) electrons. The number of nitrogens with zero attached hydrogens (tertiary/aromatic N) is 2. The van der Waals surface area contributed by atoms with E-state index >= 15 is 0 Å². The molecule has 2 heterocycles. The van der Waals surface area contributed by atoms with E-state index in [1.165, 1.54) is 22.3 Å². The first-order valence-electron chi connectivity index (χ1n) is 6.99. The number of benzene rings is 1. The Morgan fingerprint density at radius 3 is 3.04 bits per heavy atom. The fourth-order valence-electron chi connectivity index (χ4n) is 2.00. The second-order valence-corrected chi connectivity index (χ2v) is 7.03. The van der Waals surface area contributed by atoms with Gasteiger partial charge in [0.15, 0.2) is 10.1 Å². The maximum Gasteiger partial charge on any atom is 0.244 e. The zero-order valence-electron chi connectivity index (χ0n) is 12.1. The maximum atomic E-state index is 11.9. The van der Waals surface area contributed by atoms with Crippen LogP contribution in [0, 0.1) is 0 Å². The highest BCUT2D eigenvalue weighted by Gasteiger charge is 2.08. The third kappa shape index (κ3) is 4.16. The van der Waals surface area contributed by atoms with Crippen LogP contribution in [-0.4, -0.2) is 27.6 Å². The first kappa shape index (κ1) is 16.1. The third-order valence-electron chi connectivity index (χ3n) is 3.06. The minimum atomic E-state index is -0.139.